The molecule has 0 heterocycles. The molecule has 0 radical (unpaired) electrons. The van der Waals surface area contributed by atoms with Crippen LogP contribution in [-0.4, -0.2) is 4.99 Å². The molecule has 0 amide bonds. The summed E-state index contributed by atoms with van der Waals surface area (Å²) in [4.78, 5) is 0.307. The van der Waals surface area contributed by atoms with Crippen LogP contribution >= 0.6 is 23.8 Å². The van der Waals surface area contributed by atoms with Crippen molar-refractivity contribution < 1.29 is 0 Å². The van der Waals surface area contributed by atoms with Gasteiger partial charge in [-0.15, -0.1) is 0 Å². The van der Waals surface area contributed by atoms with E-state index >= 15 is 0 Å². The lowest BCUT2D eigenvalue weighted by atomic mass is 10.2. The van der Waals surface area contributed by atoms with E-state index in [1.165, 1.54) is 5.56 Å². The summed E-state index contributed by atoms with van der Waals surface area (Å²) in [6.45, 7) is 2.05. The number of thiocarbonyl (C=S) groups is 1. The quantitative estimate of drug-likeness (QED) is 0.832. The van der Waals surface area contributed by atoms with Gasteiger partial charge in [0.2, 0.25) is 0 Å². The fraction of sp³-hybridized carbons (Fsp3) is 0.0714. The molecular weight excluding hydrogens is 264 g/mol. The van der Waals surface area contributed by atoms with E-state index in [0.29, 0.717) is 15.6 Å². The van der Waals surface area contributed by atoms with E-state index in [2.05, 4.69) is 12.2 Å². The fourth-order valence-electron chi connectivity index (χ4n) is 1.60. The highest BCUT2D eigenvalue weighted by molar-refractivity contribution is 7.80. The Hall–Kier alpha value is -1.58. The van der Waals surface area contributed by atoms with Gasteiger partial charge in [0, 0.05) is 16.9 Å². The number of anilines is 2. The lowest BCUT2D eigenvalue weighted by Gasteiger charge is -2.09. The van der Waals surface area contributed by atoms with Crippen LogP contribution in [0.5, 0.6) is 0 Å². The largest absolute Gasteiger partial charge is 0.389 e. The first-order valence-electron chi connectivity index (χ1n) is 5.49. The van der Waals surface area contributed by atoms with Gasteiger partial charge in [0.05, 0.1) is 5.02 Å². The number of benzene rings is 2. The minimum Gasteiger partial charge on any atom is -0.389 e. The molecule has 0 saturated heterocycles. The summed E-state index contributed by atoms with van der Waals surface area (Å²) in [6.07, 6.45) is 0. The highest BCUT2D eigenvalue weighted by atomic mass is 35.5. The zero-order valence-corrected chi connectivity index (χ0v) is 11.5. The molecule has 3 N–H and O–H groups in total. The van der Waals surface area contributed by atoms with Gasteiger partial charge in [-0.3, -0.25) is 0 Å². The van der Waals surface area contributed by atoms with E-state index in [1.54, 1.807) is 0 Å². The number of hydrogen-bond donors (Lipinski definition) is 2. The van der Waals surface area contributed by atoms with Crippen molar-refractivity contribution in [1.29, 1.82) is 0 Å². The topological polar surface area (TPSA) is 38.0 Å². The van der Waals surface area contributed by atoms with Crippen LogP contribution in [0.15, 0.2) is 42.5 Å². The Morgan fingerprint density at radius 3 is 2.28 bits per heavy atom. The van der Waals surface area contributed by atoms with Gasteiger partial charge in [-0.05, 0) is 37.3 Å². The van der Waals surface area contributed by atoms with E-state index < -0.39 is 0 Å². The second-order valence-corrected chi connectivity index (χ2v) is 4.90. The van der Waals surface area contributed by atoms with Gasteiger partial charge in [-0.2, -0.15) is 0 Å². The first-order chi connectivity index (χ1) is 8.56. The van der Waals surface area contributed by atoms with Crippen molar-refractivity contribution in [2.24, 2.45) is 5.73 Å². The zero-order valence-electron chi connectivity index (χ0n) is 9.91. The van der Waals surface area contributed by atoms with E-state index in [1.807, 2.05) is 42.5 Å². The third kappa shape index (κ3) is 3.00. The molecule has 0 aliphatic heterocycles. The van der Waals surface area contributed by atoms with Crippen LogP contribution in [0.4, 0.5) is 11.4 Å². The average molecular weight is 277 g/mol. The van der Waals surface area contributed by atoms with Crippen molar-refractivity contribution in [3.8, 4) is 0 Å². The molecule has 0 aliphatic carbocycles. The number of nitrogens with one attached hydrogen (secondary N) is 1. The Morgan fingerprint density at radius 1 is 1.11 bits per heavy atom. The molecule has 0 aromatic heterocycles. The van der Waals surface area contributed by atoms with Crippen molar-refractivity contribution >= 4 is 40.2 Å². The van der Waals surface area contributed by atoms with Crippen LogP contribution in [0.2, 0.25) is 5.02 Å². The summed E-state index contributed by atoms with van der Waals surface area (Å²) >= 11 is 11.0. The molecule has 2 nitrogen and oxygen atoms in total. The number of aryl methyl sites for hydroxylation is 1. The Kier molecular flexibility index (Phi) is 3.84. The second-order valence-electron chi connectivity index (χ2n) is 4.05. The molecular formula is C14H13ClN2S. The molecule has 18 heavy (non-hydrogen) atoms. The van der Waals surface area contributed by atoms with Gasteiger partial charge >= 0.3 is 0 Å². The first kappa shape index (κ1) is 12.9. The van der Waals surface area contributed by atoms with Crippen LogP contribution in [0, 0.1) is 6.92 Å². The smallest absolute Gasteiger partial charge is 0.105 e. The van der Waals surface area contributed by atoms with Crippen molar-refractivity contribution in [2.45, 2.75) is 6.92 Å². The minimum atomic E-state index is 0.307. The summed E-state index contributed by atoms with van der Waals surface area (Å²) < 4.78 is 0. The normalized spacial score (nSPS) is 10.1. The SMILES string of the molecule is Cc1ccc(Nc2ccc(C(N)=S)c(Cl)c2)cc1. The van der Waals surface area contributed by atoms with Gasteiger partial charge in [-0.25, -0.2) is 0 Å². The lowest BCUT2D eigenvalue weighted by molar-refractivity contribution is 1.45. The molecule has 4 heteroatoms. The summed E-state index contributed by atoms with van der Waals surface area (Å²) in [6, 6.07) is 13.7. The Balaban J connectivity index is 2.22. The van der Waals surface area contributed by atoms with Crippen molar-refractivity contribution in [3.63, 3.8) is 0 Å². The van der Waals surface area contributed by atoms with Gasteiger partial charge in [0.25, 0.3) is 0 Å². The Morgan fingerprint density at radius 2 is 1.72 bits per heavy atom. The summed E-state index contributed by atoms with van der Waals surface area (Å²) in [5.41, 5.74) is 9.40. The maximum atomic E-state index is 6.11. The van der Waals surface area contributed by atoms with Crippen LogP contribution in [0.3, 0.4) is 0 Å². The van der Waals surface area contributed by atoms with Crippen molar-refractivity contribution in [3.05, 3.63) is 58.6 Å². The predicted molar refractivity (Wildman–Crippen MR) is 81.8 cm³/mol. The molecule has 2 aromatic carbocycles. The number of hydrogen-bond acceptors (Lipinski definition) is 2. The van der Waals surface area contributed by atoms with Gasteiger partial charge in [-0.1, -0.05) is 41.5 Å². The third-order valence-corrected chi connectivity index (χ3v) is 3.11. The Bertz CT molecular complexity index is 579. The standard InChI is InChI=1S/C14H13ClN2S/c1-9-2-4-10(5-3-9)17-11-6-7-12(14(16)18)13(15)8-11/h2-8,17H,1H3,(H2,16,18). The van der Waals surface area contributed by atoms with E-state index in [4.69, 9.17) is 29.6 Å². The Labute approximate surface area is 117 Å². The molecule has 0 spiro atoms. The maximum absolute atomic E-state index is 6.11. The lowest BCUT2D eigenvalue weighted by Crippen LogP contribution is -2.09. The van der Waals surface area contributed by atoms with E-state index in [0.717, 1.165) is 11.4 Å². The van der Waals surface area contributed by atoms with Gasteiger partial charge in [0.15, 0.2) is 0 Å². The number of halogens is 1. The molecule has 0 fully saturated rings. The maximum Gasteiger partial charge on any atom is 0.105 e. The van der Waals surface area contributed by atoms with Crippen molar-refractivity contribution in [1.82, 2.24) is 0 Å². The second kappa shape index (κ2) is 5.38. The molecule has 2 rings (SSSR count). The van der Waals surface area contributed by atoms with Crippen LogP contribution in [0.25, 0.3) is 0 Å². The third-order valence-electron chi connectivity index (χ3n) is 2.57. The highest BCUT2D eigenvalue weighted by Crippen LogP contribution is 2.23. The summed E-state index contributed by atoms with van der Waals surface area (Å²) in [5, 5.41) is 3.82. The molecule has 2 aromatic rings. The van der Waals surface area contributed by atoms with Crippen LogP contribution in [0.1, 0.15) is 11.1 Å². The summed E-state index contributed by atoms with van der Waals surface area (Å²) in [7, 11) is 0. The van der Waals surface area contributed by atoms with Gasteiger partial charge < -0.3 is 11.1 Å². The highest BCUT2D eigenvalue weighted by Gasteiger charge is 2.04. The van der Waals surface area contributed by atoms with E-state index in [-0.39, 0.29) is 0 Å². The van der Waals surface area contributed by atoms with Crippen molar-refractivity contribution in [2.75, 3.05) is 5.32 Å². The predicted octanol–water partition coefficient (Wildman–Crippen LogP) is 4.03. The van der Waals surface area contributed by atoms with Crippen LogP contribution in [-0.2, 0) is 0 Å². The monoisotopic (exact) mass is 276 g/mol. The number of rotatable bonds is 3. The molecule has 92 valence electrons. The fourth-order valence-corrected chi connectivity index (χ4v) is 2.11. The molecule has 0 aliphatic rings. The molecule has 0 atom stereocenters. The van der Waals surface area contributed by atoms with Gasteiger partial charge in [0.1, 0.15) is 4.99 Å². The zero-order chi connectivity index (χ0) is 13.1. The van der Waals surface area contributed by atoms with E-state index in [9.17, 15) is 0 Å². The molecule has 0 unspecified atom stereocenters. The summed E-state index contributed by atoms with van der Waals surface area (Å²) in [5.74, 6) is 0. The molecule has 0 bridgehead atoms. The average Bonchev–Trinajstić information content (AvgIpc) is 2.32. The minimum absolute atomic E-state index is 0.307. The number of nitrogens with two attached hydrogens (primary N) is 1. The van der Waals surface area contributed by atoms with Crippen LogP contribution < -0.4 is 11.1 Å². The molecule has 0 saturated carbocycles. The first-order valence-corrected chi connectivity index (χ1v) is 6.28.